The van der Waals surface area contributed by atoms with E-state index in [4.69, 9.17) is 5.11 Å². The number of hydrogen-bond donors (Lipinski definition) is 2. The number of anilines is 1. The topological polar surface area (TPSA) is 86.7 Å². The first-order valence-corrected chi connectivity index (χ1v) is 9.11. The molecular formula is C17H22N2O4S. The van der Waals surface area contributed by atoms with Crippen molar-refractivity contribution >= 4 is 35.2 Å². The molecule has 130 valence electrons. The number of carbonyl (C=O) groups excluding carboxylic acids is 2. The number of benzene rings is 1. The Morgan fingerprint density at radius 1 is 1.38 bits per heavy atom. The number of rotatable bonds is 6. The minimum atomic E-state index is -0.995. The molecule has 0 radical (unpaired) electrons. The first kappa shape index (κ1) is 18.3. The molecule has 6 nitrogen and oxygen atoms in total. The van der Waals surface area contributed by atoms with Crippen molar-refractivity contribution in [1.29, 1.82) is 0 Å². The van der Waals surface area contributed by atoms with Gasteiger partial charge in [-0.05, 0) is 37.1 Å². The highest BCUT2D eigenvalue weighted by Gasteiger charge is 2.34. The number of aromatic carboxylic acids is 1. The average molecular weight is 350 g/mol. The molecule has 0 aromatic heterocycles. The second-order valence-corrected chi connectivity index (χ2v) is 6.81. The van der Waals surface area contributed by atoms with Gasteiger partial charge in [0.1, 0.15) is 6.04 Å². The molecule has 1 aromatic rings. The lowest BCUT2D eigenvalue weighted by atomic mass is 10.1. The molecule has 0 saturated carbocycles. The van der Waals surface area contributed by atoms with Crippen LogP contribution in [-0.4, -0.2) is 45.5 Å². The molecule has 2 rings (SSSR count). The van der Waals surface area contributed by atoms with Gasteiger partial charge in [-0.15, -0.1) is 11.8 Å². The molecule has 0 aliphatic carbocycles. The molecule has 0 bridgehead atoms. The first-order valence-electron chi connectivity index (χ1n) is 7.96. The van der Waals surface area contributed by atoms with Crippen molar-refractivity contribution in [3.8, 4) is 0 Å². The van der Waals surface area contributed by atoms with Gasteiger partial charge in [0, 0.05) is 17.9 Å². The number of thioether (sulfide) groups is 1. The summed E-state index contributed by atoms with van der Waals surface area (Å²) in [4.78, 5) is 37.4. The SMILES string of the molecule is CCCCC(=O)N1CSCC1C(=O)Nc1ccc(C(=O)O)c(C)c1. The normalized spacial score (nSPS) is 16.9. The van der Waals surface area contributed by atoms with Crippen molar-refractivity contribution in [2.75, 3.05) is 16.9 Å². The maximum Gasteiger partial charge on any atom is 0.335 e. The Balaban J connectivity index is 2.04. The number of nitrogens with one attached hydrogen (secondary N) is 1. The fourth-order valence-corrected chi connectivity index (χ4v) is 3.76. The quantitative estimate of drug-likeness (QED) is 0.824. The Morgan fingerprint density at radius 2 is 2.12 bits per heavy atom. The Morgan fingerprint density at radius 3 is 2.75 bits per heavy atom. The Kier molecular flexibility index (Phi) is 6.25. The largest absolute Gasteiger partial charge is 0.478 e. The van der Waals surface area contributed by atoms with Crippen molar-refractivity contribution in [3.63, 3.8) is 0 Å². The van der Waals surface area contributed by atoms with Crippen LogP contribution in [0.25, 0.3) is 0 Å². The predicted octanol–water partition coefficient (Wildman–Crippen LogP) is 2.72. The van der Waals surface area contributed by atoms with Crippen LogP contribution >= 0.6 is 11.8 Å². The maximum absolute atomic E-state index is 12.5. The summed E-state index contributed by atoms with van der Waals surface area (Å²) in [5, 5.41) is 11.8. The predicted molar refractivity (Wildman–Crippen MR) is 94.3 cm³/mol. The lowest BCUT2D eigenvalue weighted by Gasteiger charge is -2.23. The number of unbranched alkanes of at least 4 members (excludes halogenated alkanes) is 1. The average Bonchev–Trinajstić information content (AvgIpc) is 3.02. The van der Waals surface area contributed by atoms with E-state index in [1.54, 1.807) is 35.7 Å². The molecule has 1 aromatic carbocycles. The zero-order valence-corrected chi connectivity index (χ0v) is 14.7. The van der Waals surface area contributed by atoms with E-state index in [1.165, 1.54) is 6.07 Å². The molecule has 1 atom stereocenters. The van der Waals surface area contributed by atoms with Crippen LogP contribution in [0.15, 0.2) is 18.2 Å². The van der Waals surface area contributed by atoms with E-state index in [0.717, 1.165) is 12.8 Å². The van der Waals surface area contributed by atoms with Gasteiger partial charge in [-0.25, -0.2) is 4.79 Å². The summed E-state index contributed by atoms with van der Waals surface area (Å²) < 4.78 is 0. The van der Waals surface area contributed by atoms with Gasteiger partial charge in [0.05, 0.1) is 11.4 Å². The van der Waals surface area contributed by atoms with Crippen molar-refractivity contribution in [1.82, 2.24) is 4.90 Å². The standard InChI is InChI=1S/C17H22N2O4S/c1-3-4-5-15(20)19-10-24-9-14(19)16(21)18-12-6-7-13(17(22)23)11(2)8-12/h6-8,14H,3-5,9-10H2,1-2H3,(H,18,21)(H,22,23). The lowest BCUT2D eigenvalue weighted by Crippen LogP contribution is -2.44. The zero-order chi connectivity index (χ0) is 17.7. The number of hydrogen-bond acceptors (Lipinski definition) is 4. The van der Waals surface area contributed by atoms with E-state index in [-0.39, 0.29) is 17.4 Å². The minimum absolute atomic E-state index is 0.0133. The number of aryl methyl sites for hydroxylation is 1. The number of nitrogens with zero attached hydrogens (tertiary/aromatic N) is 1. The van der Waals surface area contributed by atoms with Crippen LogP contribution in [0.1, 0.15) is 42.1 Å². The van der Waals surface area contributed by atoms with E-state index in [0.29, 0.717) is 29.3 Å². The van der Waals surface area contributed by atoms with E-state index in [1.807, 2.05) is 6.92 Å². The summed E-state index contributed by atoms with van der Waals surface area (Å²) in [5.74, 6) is -0.0926. The van der Waals surface area contributed by atoms with Crippen LogP contribution in [0, 0.1) is 6.92 Å². The molecule has 7 heteroatoms. The summed E-state index contributed by atoms with van der Waals surface area (Å²) in [6.07, 6.45) is 2.23. The van der Waals surface area contributed by atoms with Crippen molar-refractivity contribution in [2.24, 2.45) is 0 Å². The van der Waals surface area contributed by atoms with Gasteiger partial charge in [0.25, 0.3) is 0 Å². The fourth-order valence-electron chi connectivity index (χ4n) is 2.58. The third kappa shape index (κ3) is 4.29. The number of amides is 2. The molecule has 24 heavy (non-hydrogen) atoms. The maximum atomic E-state index is 12.5. The second-order valence-electron chi connectivity index (χ2n) is 5.81. The summed E-state index contributed by atoms with van der Waals surface area (Å²) in [7, 11) is 0. The monoisotopic (exact) mass is 350 g/mol. The van der Waals surface area contributed by atoms with Gasteiger partial charge >= 0.3 is 5.97 Å². The first-order chi connectivity index (χ1) is 11.4. The van der Waals surface area contributed by atoms with Gasteiger partial charge in [0.15, 0.2) is 0 Å². The zero-order valence-electron chi connectivity index (χ0n) is 13.9. The van der Waals surface area contributed by atoms with Gasteiger partial charge in [-0.3, -0.25) is 9.59 Å². The lowest BCUT2D eigenvalue weighted by molar-refractivity contribution is -0.136. The summed E-state index contributed by atoms with van der Waals surface area (Å²) in [6, 6.07) is 4.20. The number of carboxylic acid groups (broad SMARTS) is 1. The second kappa shape index (κ2) is 8.19. The van der Waals surface area contributed by atoms with Gasteiger partial charge in [0.2, 0.25) is 11.8 Å². The molecule has 1 aliphatic rings. The molecular weight excluding hydrogens is 328 g/mol. The van der Waals surface area contributed by atoms with Crippen molar-refractivity contribution in [2.45, 2.75) is 39.2 Å². The fraction of sp³-hybridized carbons (Fsp3) is 0.471. The van der Waals surface area contributed by atoms with Crippen LogP contribution in [0.3, 0.4) is 0 Å². The van der Waals surface area contributed by atoms with Crippen molar-refractivity contribution < 1.29 is 19.5 Å². The summed E-state index contributed by atoms with van der Waals surface area (Å²) in [6.45, 7) is 3.71. The van der Waals surface area contributed by atoms with Crippen LogP contribution in [0.4, 0.5) is 5.69 Å². The van der Waals surface area contributed by atoms with Crippen molar-refractivity contribution in [3.05, 3.63) is 29.3 Å². The molecule has 2 N–H and O–H groups in total. The van der Waals surface area contributed by atoms with E-state index in [2.05, 4.69) is 5.32 Å². The van der Waals surface area contributed by atoms with Crippen LogP contribution < -0.4 is 5.32 Å². The summed E-state index contributed by atoms with van der Waals surface area (Å²) in [5.41, 5.74) is 1.33. The van der Waals surface area contributed by atoms with Crippen LogP contribution in [-0.2, 0) is 9.59 Å². The summed E-state index contributed by atoms with van der Waals surface area (Å²) >= 11 is 1.57. The third-order valence-electron chi connectivity index (χ3n) is 3.97. The van der Waals surface area contributed by atoms with Gasteiger partial charge < -0.3 is 15.3 Å². The highest BCUT2D eigenvalue weighted by atomic mass is 32.2. The molecule has 1 unspecified atom stereocenters. The smallest absolute Gasteiger partial charge is 0.335 e. The third-order valence-corrected chi connectivity index (χ3v) is 4.99. The molecule has 0 spiro atoms. The molecule has 2 amide bonds. The van der Waals surface area contributed by atoms with Crippen LogP contribution in [0.2, 0.25) is 0 Å². The van der Waals surface area contributed by atoms with Crippen LogP contribution in [0.5, 0.6) is 0 Å². The molecule has 1 aliphatic heterocycles. The Hall–Kier alpha value is -2.02. The highest BCUT2D eigenvalue weighted by Crippen LogP contribution is 2.24. The number of carboxylic acids is 1. The highest BCUT2D eigenvalue weighted by molar-refractivity contribution is 7.99. The minimum Gasteiger partial charge on any atom is -0.478 e. The number of carbonyl (C=O) groups is 3. The molecule has 1 heterocycles. The van der Waals surface area contributed by atoms with E-state index >= 15 is 0 Å². The van der Waals surface area contributed by atoms with E-state index in [9.17, 15) is 14.4 Å². The van der Waals surface area contributed by atoms with Gasteiger partial charge in [-0.1, -0.05) is 13.3 Å². The van der Waals surface area contributed by atoms with Gasteiger partial charge in [-0.2, -0.15) is 0 Å². The Bertz CT molecular complexity index is 647. The molecule has 1 saturated heterocycles. The molecule has 1 fully saturated rings. The Labute approximate surface area is 145 Å². The van der Waals surface area contributed by atoms with E-state index < -0.39 is 12.0 Å².